The van der Waals surface area contributed by atoms with Crippen LogP contribution in [0.5, 0.6) is 11.5 Å². The van der Waals surface area contributed by atoms with Crippen molar-refractivity contribution >= 4 is 23.2 Å². The third-order valence-corrected chi connectivity index (χ3v) is 4.02. The van der Waals surface area contributed by atoms with E-state index in [0.717, 1.165) is 5.75 Å². The van der Waals surface area contributed by atoms with Gasteiger partial charge in [-0.3, -0.25) is 9.59 Å². The van der Waals surface area contributed by atoms with E-state index in [9.17, 15) is 14.0 Å². The van der Waals surface area contributed by atoms with Crippen molar-refractivity contribution in [3.8, 4) is 11.5 Å². The molecule has 0 bridgehead atoms. The van der Waals surface area contributed by atoms with Crippen LogP contribution in [0.4, 0.5) is 15.8 Å². The van der Waals surface area contributed by atoms with Crippen LogP contribution in [-0.4, -0.2) is 25.0 Å². The molecule has 0 unspecified atom stereocenters. The maximum atomic E-state index is 13.8. The van der Waals surface area contributed by atoms with E-state index in [4.69, 9.17) is 9.47 Å². The molecule has 0 fully saturated rings. The van der Waals surface area contributed by atoms with Gasteiger partial charge in [0, 0.05) is 12.6 Å². The summed E-state index contributed by atoms with van der Waals surface area (Å²) < 4.78 is 25.1. The first-order chi connectivity index (χ1) is 14.5. The number of amides is 2. The zero-order valence-electron chi connectivity index (χ0n) is 16.4. The van der Waals surface area contributed by atoms with Crippen molar-refractivity contribution in [3.05, 3.63) is 84.2 Å². The third-order valence-electron chi connectivity index (χ3n) is 4.02. The number of ether oxygens (including phenoxy) is 2. The highest BCUT2D eigenvalue weighted by Crippen LogP contribution is 2.23. The van der Waals surface area contributed by atoms with Gasteiger partial charge in [0.1, 0.15) is 30.5 Å². The SMILES string of the molecule is CC(=O)Nc1cc(NC(=O)c2ccccc2OCCOc2ccccc2)ccc1F. The van der Waals surface area contributed by atoms with Crippen LogP contribution in [-0.2, 0) is 4.79 Å². The average molecular weight is 408 g/mol. The lowest BCUT2D eigenvalue weighted by atomic mass is 10.1. The minimum atomic E-state index is -0.592. The summed E-state index contributed by atoms with van der Waals surface area (Å²) in [6.45, 7) is 1.85. The number of halogens is 1. The Hall–Kier alpha value is -3.87. The summed E-state index contributed by atoms with van der Waals surface area (Å²) in [7, 11) is 0. The van der Waals surface area contributed by atoms with Gasteiger partial charge < -0.3 is 20.1 Å². The number of carbonyl (C=O) groups excluding carboxylic acids is 2. The van der Waals surface area contributed by atoms with Crippen LogP contribution < -0.4 is 20.1 Å². The molecule has 0 spiro atoms. The third kappa shape index (κ3) is 5.81. The molecule has 3 aromatic carbocycles. The van der Waals surface area contributed by atoms with Gasteiger partial charge in [-0.05, 0) is 42.5 Å². The van der Waals surface area contributed by atoms with Gasteiger partial charge in [0.15, 0.2) is 0 Å². The molecule has 0 aliphatic carbocycles. The lowest BCUT2D eigenvalue weighted by Crippen LogP contribution is -2.16. The van der Waals surface area contributed by atoms with Gasteiger partial charge >= 0.3 is 0 Å². The second-order valence-electron chi connectivity index (χ2n) is 6.34. The Morgan fingerprint density at radius 1 is 0.867 bits per heavy atom. The highest BCUT2D eigenvalue weighted by molar-refractivity contribution is 6.06. The second kappa shape index (κ2) is 10.1. The molecule has 30 heavy (non-hydrogen) atoms. The molecule has 0 aliphatic rings. The summed E-state index contributed by atoms with van der Waals surface area (Å²) in [6, 6.07) is 20.1. The van der Waals surface area contributed by atoms with Gasteiger partial charge in [0.05, 0.1) is 11.3 Å². The molecule has 0 radical (unpaired) electrons. The zero-order valence-corrected chi connectivity index (χ0v) is 16.4. The van der Waals surface area contributed by atoms with Crippen LogP contribution in [0.15, 0.2) is 72.8 Å². The number of anilines is 2. The summed E-state index contributed by atoms with van der Waals surface area (Å²) in [6.07, 6.45) is 0. The fraction of sp³-hybridized carbons (Fsp3) is 0.130. The Balaban J connectivity index is 1.63. The van der Waals surface area contributed by atoms with Gasteiger partial charge in [-0.25, -0.2) is 4.39 Å². The van der Waals surface area contributed by atoms with E-state index >= 15 is 0 Å². The number of carbonyl (C=O) groups is 2. The van der Waals surface area contributed by atoms with Crippen molar-refractivity contribution in [2.45, 2.75) is 6.92 Å². The number of benzene rings is 3. The molecule has 154 valence electrons. The van der Waals surface area contributed by atoms with E-state index < -0.39 is 17.6 Å². The van der Waals surface area contributed by atoms with Gasteiger partial charge in [-0.2, -0.15) is 0 Å². The summed E-state index contributed by atoms with van der Waals surface area (Å²) in [4.78, 5) is 23.9. The molecule has 2 N–H and O–H groups in total. The number of para-hydroxylation sites is 2. The average Bonchev–Trinajstić information content (AvgIpc) is 2.74. The van der Waals surface area contributed by atoms with Crippen LogP contribution in [0, 0.1) is 5.82 Å². The minimum Gasteiger partial charge on any atom is -0.490 e. The molecule has 7 heteroatoms. The van der Waals surface area contributed by atoms with E-state index in [1.165, 1.54) is 25.1 Å². The number of hydrogen-bond acceptors (Lipinski definition) is 4. The van der Waals surface area contributed by atoms with Crippen molar-refractivity contribution < 1.29 is 23.5 Å². The largest absolute Gasteiger partial charge is 0.490 e. The highest BCUT2D eigenvalue weighted by atomic mass is 19.1. The van der Waals surface area contributed by atoms with E-state index in [-0.39, 0.29) is 12.3 Å². The predicted octanol–water partition coefficient (Wildman–Crippen LogP) is 4.49. The number of rotatable bonds is 8. The van der Waals surface area contributed by atoms with Crippen LogP contribution in [0.2, 0.25) is 0 Å². The molecule has 0 aromatic heterocycles. The second-order valence-corrected chi connectivity index (χ2v) is 6.34. The van der Waals surface area contributed by atoms with E-state index in [2.05, 4.69) is 10.6 Å². The summed E-state index contributed by atoms with van der Waals surface area (Å²) in [5, 5.41) is 5.07. The van der Waals surface area contributed by atoms with Crippen LogP contribution in [0.25, 0.3) is 0 Å². The molecule has 0 saturated heterocycles. The van der Waals surface area contributed by atoms with E-state index in [1.807, 2.05) is 30.3 Å². The van der Waals surface area contributed by atoms with Crippen molar-refractivity contribution in [3.63, 3.8) is 0 Å². The fourth-order valence-electron chi connectivity index (χ4n) is 2.69. The van der Waals surface area contributed by atoms with Gasteiger partial charge in [0.25, 0.3) is 5.91 Å². The van der Waals surface area contributed by atoms with Gasteiger partial charge in [0.2, 0.25) is 5.91 Å². The Morgan fingerprint density at radius 3 is 2.33 bits per heavy atom. The van der Waals surface area contributed by atoms with E-state index in [0.29, 0.717) is 23.6 Å². The quantitative estimate of drug-likeness (QED) is 0.539. The van der Waals surface area contributed by atoms with Crippen LogP contribution in [0.1, 0.15) is 17.3 Å². The van der Waals surface area contributed by atoms with Crippen LogP contribution in [0.3, 0.4) is 0 Å². The summed E-state index contributed by atoms with van der Waals surface area (Å²) in [5.74, 6) is -0.288. The molecule has 3 aromatic rings. The first-order valence-corrected chi connectivity index (χ1v) is 9.31. The lowest BCUT2D eigenvalue weighted by molar-refractivity contribution is -0.114. The molecular formula is C23H21FN2O4. The Labute approximate surface area is 173 Å². The smallest absolute Gasteiger partial charge is 0.259 e. The van der Waals surface area contributed by atoms with Crippen molar-refractivity contribution in [2.75, 3.05) is 23.8 Å². The normalized spacial score (nSPS) is 10.2. The standard InChI is InChI=1S/C23H21FN2O4/c1-16(27)25-21-15-17(11-12-20(21)24)26-23(28)19-9-5-6-10-22(19)30-14-13-29-18-7-3-2-4-8-18/h2-12,15H,13-14H2,1H3,(H,25,27)(H,26,28). The maximum absolute atomic E-state index is 13.8. The van der Waals surface area contributed by atoms with Gasteiger partial charge in [-0.15, -0.1) is 0 Å². The first-order valence-electron chi connectivity index (χ1n) is 9.31. The number of hydrogen-bond donors (Lipinski definition) is 2. The topological polar surface area (TPSA) is 76.7 Å². The summed E-state index contributed by atoms with van der Waals surface area (Å²) in [5.41, 5.74) is 0.651. The number of nitrogens with one attached hydrogen (secondary N) is 2. The molecule has 3 rings (SSSR count). The lowest BCUT2D eigenvalue weighted by Gasteiger charge is -2.13. The van der Waals surface area contributed by atoms with Crippen molar-refractivity contribution in [2.24, 2.45) is 0 Å². The maximum Gasteiger partial charge on any atom is 0.259 e. The van der Waals surface area contributed by atoms with Gasteiger partial charge in [-0.1, -0.05) is 30.3 Å². The Kier molecular flexibility index (Phi) is 7.00. The minimum absolute atomic E-state index is 0.0112. The molecule has 0 heterocycles. The molecule has 0 saturated carbocycles. The fourth-order valence-corrected chi connectivity index (χ4v) is 2.69. The molecule has 0 atom stereocenters. The van der Waals surface area contributed by atoms with Crippen molar-refractivity contribution in [1.82, 2.24) is 0 Å². The molecule has 6 nitrogen and oxygen atoms in total. The van der Waals surface area contributed by atoms with Crippen LogP contribution >= 0.6 is 0 Å². The Bertz CT molecular complexity index is 1020. The predicted molar refractivity (Wildman–Crippen MR) is 113 cm³/mol. The molecule has 0 aliphatic heterocycles. The zero-order chi connectivity index (χ0) is 21.3. The molecule has 2 amide bonds. The summed E-state index contributed by atoms with van der Waals surface area (Å²) >= 11 is 0. The first kappa shape index (κ1) is 20.9. The monoisotopic (exact) mass is 408 g/mol. The van der Waals surface area contributed by atoms with Crippen molar-refractivity contribution in [1.29, 1.82) is 0 Å². The Morgan fingerprint density at radius 2 is 1.57 bits per heavy atom. The molecular weight excluding hydrogens is 387 g/mol. The van der Waals surface area contributed by atoms with E-state index in [1.54, 1.807) is 24.3 Å². The highest BCUT2D eigenvalue weighted by Gasteiger charge is 2.14.